The Bertz CT molecular complexity index is 873. The number of imidazole rings is 1. The van der Waals surface area contributed by atoms with Crippen LogP contribution in [-0.2, 0) is 13.1 Å². The highest BCUT2D eigenvalue weighted by Crippen LogP contribution is 2.16. The first-order valence-electron chi connectivity index (χ1n) is 9.03. The molecule has 0 saturated heterocycles. The van der Waals surface area contributed by atoms with Crippen molar-refractivity contribution < 1.29 is 4.74 Å². The summed E-state index contributed by atoms with van der Waals surface area (Å²) < 4.78 is 5.26. The van der Waals surface area contributed by atoms with Gasteiger partial charge in [0.25, 0.3) is 0 Å². The van der Waals surface area contributed by atoms with E-state index < -0.39 is 0 Å². The van der Waals surface area contributed by atoms with Gasteiger partial charge in [-0.2, -0.15) is 0 Å². The van der Waals surface area contributed by atoms with Gasteiger partial charge in [0.2, 0.25) is 0 Å². The smallest absolute Gasteiger partial charge is 0.191 e. The van der Waals surface area contributed by atoms with E-state index in [4.69, 9.17) is 4.74 Å². The molecule has 3 aromatic rings. The average Bonchev–Trinajstić information content (AvgIpc) is 3.20. The number of aromatic amines is 1. The number of hydrogen-bond acceptors (Lipinski definition) is 3. The van der Waals surface area contributed by atoms with Gasteiger partial charge in [0.05, 0.1) is 32.1 Å². The van der Waals surface area contributed by atoms with Crippen LogP contribution < -0.4 is 15.4 Å². The molecule has 0 aliphatic carbocycles. The molecule has 0 saturated carbocycles. The van der Waals surface area contributed by atoms with Crippen molar-refractivity contribution in [1.82, 2.24) is 20.6 Å². The number of H-pyrrole nitrogens is 1. The van der Waals surface area contributed by atoms with Crippen LogP contribution in [0, 0.1) is 0 Å². The maximum absolute atomic E-state index is 5.26. The van der Waals surface area contributed by atoms with E-state index in [-0.39, 0.29) is 0 Å². The van der Waals surface area contributed by atoms with Gasteiger partial charge in [0.1, 0.15) is 11.6 Å². The standard InChI is InChI=1S/C21H25N5O/c1-3-22-21(24-13-16-8-7-11-18(12-16)27-2)25-15-20-23-14-19(26-20)17-9-5-4-6-10-17/h4-12,14H,3,13,15H2,1-2H3,(H,23,26)(H2,22,24,25). The molecule has 3 rings (SSSR count). The minimum absolute atomic E-state index is 0.566. The molecule has 6 heteroatoms. The molecule has 140 valence electrons. The second-order valence-corrected chi connectivity index (χ2v) is 6.01. The SMILES string of the molecule is CCNC(=NCc1cccc(OC)c1)NCc1ncc(-c2ccccc2)[nH]1. The summed E-state index contributed by atoms with van der Waals surface area (Å²) in [6, 6.07) is 18.1. The zero-order valence-electron chi connectivity index (χ0n) is 15.7. The van der Waals surface area contributed by atoms with Crippen LogP contribution in [-0.4, -0.2) is 29.6 Å². The fourth-order valence-electron chi connectivity index (χ4n) is 2.67. The van der Waals surface area contributed by atoms with Gasteiger partial charge in [-0.05, 0) is 30.2 Å². The third-order valence-corrected chi connectivity index (χ3v) is 4.03. The number of rotatable bonds is 7. The number of hydrogen-bond donors (Lipinski definition) is 3. The first-order chi connectivity index (χ1) is 13.3. The summed E-state index contributed by atoms with van der Waals surface area (Å²) in [5.74, 6) is 2.45. The second-order valence-electron chi connectivity index (χ2n) is 6.01. The number of aromatic nitrogens is 2. The molecule has 1 heterocycles. The zero-order chi connectivity index (χ0) is 18.9. The van der Waals surface area contributed by atoms with Crippen molar-refractivity contribution in [2.24, 2.45) is 4.99 Å². The molecular formula is C21H25N5O. The van der Waals surface area contributed by atoms with E-state index in [2.05, 4.69) is 37.7 Å². The molecule has 27 heavy (non-hydrogen) atoms. The summed E-state index contributed by atoms with van der Waals surface area (Å²) in [5.41, 5.74) is 3.22. The molecular weight excluding hydrogens is 338 g/mol. The van der Waals surface area contributed by atoms with E-state index >= 15 is 0 Å². The molecule has 0 amide bonds. The number of nitrogens with one attached hydrogen (secondary N) is 3. The predicted molar refractivity (Wildman–Crippen MR) is 109 cm³/mol. The van der Waals surface area contributed by atoms with Gasteiger partial charge in [-0.1, -0.05) is 42.5 Å². The Hall–Kier alpha value is -3.28. The highest BCUT2D eigenvalue weighted by Gasteiger charge is 2.04. The Labute approximate surface area is 159 Å². The lowest BCUT2D eigenvalue weighted by Gasteiger charge is -2.10. The number of nitrogens with zero attached hydrogens (tertiary/aromatic N) is 2. The van der Waals surface area contributed by atoms with E-state index in [0.717, 1.165) is 40.9 Å². The summed E-state index contributed by atoms with van der Waals surface area (Å²) in [5, 5.41) is 6.57. The van der Waals surface area contributed by atoms with E-state index in [1.54, 1.807) is 7.11 Å². The van der Waals surface area contributed by atoms with Gasteiger partial charge in [-0.3, -0.25) is 0 Å². The van der Waals surface area contributed by atoms with Crippen molar-refractivity contribution in [3.63, 3.8) is 0 Å². The third kappa shape index (κ3) is 5.34. The molecule has 0 radical (unpaired) electrons. The summed E-state index contributed by atoms with van der Waals surface area (Å²) in [4.78, 5) is 12.4. The van der Waals surface area contributed by atoms with Gasteiger partial charge < -0.3 is 20.4 Å². The molecule has 0 aliphatic rings. The van der Waals surface area contributed by atoms with E-state index in [0.29, 0.717) is 13.1 Å². The minimum Gasteiger partial charge on any atom is -0.497 e. The maximum Gasteiger partial charge on any atom is 0.191 e. The van der Waals surface area contributed by atoms with E-state index in [1.165, 1.54) is 0 Å². The lowest BCUT2D eigenvalue weighted by molar-refractivity contribution is 0.414. The minimum atomic E-state index is 0.566. The Morgan fingerprint density at radius 1 is 1.11 bits per heavy atom. The number of ether oxygens (including phenoxy) is 1. The van der Waals surface area contributed by atoms with E-state index in [1.807, 2.05) is 55.6 Å². The normalized spacial score (nSPS) is 11.3. The summed E-state index contributed by atoms with van der Waals surface area (Å²) >= 11 is 0. The molecule has 0 unspecified atom stereocenters. The van der Waals surface area contributed by atoms with Crippen LogP contribution in [0.4, 0.5) is 0 Å². The Balaban J connectivity index is 1.62. The first kappa shape index (κ1) is 18.5. The molecule has 0 spiro atoms. The van der Waals surface area contributed by atoms with Gasteiger partial charge in [0.15, 0.2) is 5.96 Å². The molecule has 0 bridgehead atoms. The highest BCUT2D eigenvalue weighted by molar-refractivity contribution is 5.79. The van der Waals surface area contributed by atoms with Crippen LogP contribution in [0.15, 0.2) is 65.8 Å². The largest absolute Gasteiger partial charge is 0.497 e. The Morgan fingerprint density at radius 2 is 1.96 bits per heavy atom. The van der Waals surface area contributed by atoms with Gasteiger partial charge >= 0.3 is 0 Å². The van der Waals surface area contributed by atoms with Crippen LogP contribution in [0.2, 0.25) is 0 Å². The van der Waals surface area contributed by atoms with Gasteiger partial charge in [-0.25, -0.2) is 9.98 Å². The van der Waals surface area contributed by atoms with Crippen molar-refractivity contribution in [1.29, 1.82) is 0 Å². The Morgan fingerprint density at radius 3 is 2.74 bits per heavy atom. The van der Waals surface area contributed by atoms with Crippen LogP contribution in [0.5, 0.6) is 5.75 Å². The van der Waals surface area contributed by atoms with Crippen LogP contribution in [0.25, 0.3) is 11.3 Å². The molecule has 0 aliphatic heterocycles. The third-order valence-electron chi connectivity index (χ3n) is 4.03. The van der Waals surface area contributed by atoms with Crippen LogP contribution in [0.3, 0.4) is 0 Å². The molecule has 2 aromatic carbocycles. The van der Waals surface area contributed by atoms with Crippen molar-refractivity contribution in [3.05, 3.63) is 72.2 Å². The van der Waals surface area contributed by atoms with Crippen molar-refractivity contribution >= 4 is 5.96 Å². The predicted octanol–water partition coefficient (Wildman–Crippen LogP) is 3.34. The molecule has 0 atom stereocenters. The van der Waals surface area contributed by atoms with Gasteiger partial charge in [-0.15, -0.1) is 0 Å². The number of aliphatic imine (C=N–C) groups is 1. The fourth-order valence-corrected chi connectivity index (χ4v) is 2.67. The van der Waals surface area contributed by atoms with Gasteiger partial charge in [0, 0.05) is 6.54 Å². The first-order valence-corrected chi connectivity index (χ1v) is 9.03. The Kier molecular flexibility index (Phi) is 6.46. The molecule has 6 nitrogen and oxygen atoms in total. The van der Waals surface area contributed by atoms with Crippen molar-refractivity contribution in [2.75, 3.05) is 13.7 Å². The number of guanidine groups is 1. The molecule has 3 N–H and O–H groups in total. The van der Waals surface area contributed by atoms with Crippen molar-refractivity contribution in [2.45, 2.75) is 20.0 Å². The summed E-state index contributed by atoms with van der Waals surface area (Å²) in [6.45, 7) is 3.97. The lowest BCUT2D eigenvalue weighted by atomic mass is 10.2. The summed E-state index contributed by atoms with van der Waals surface area (Å²) in [7, 11) is 1.67. The maximum atomic E-state index is 5.26. The van der Waals surface area contributed by atoms with E-state index in [9.17, 15) is 0 Å². The average molecular weight is 363 g/mol. The van der Waals surface area contributed by atoms with Crippen LogP contribution in [0.1, 0.15) is 18.3 Å². The zero-order valence-corrected chi connectivity index (χ0v) is 15.7. The molecule has 1 aromatic heterocycles. The molecule has 0 fully saturated rings. The number of benzene rings is 2. The second kappa shape index (κ2) is 9.43. The number of methoxy groups -OCH3 is 1. The van der Waals surface area contributed by atoms with Crippen LogP contribution >= 0.6 is 0 Å². The lowest BCUT2D eigenvalue weighted by Crippen LogP contribution is -2.37. The topological polar surface area (TPSA) is 74.3 Å². The summed E-state index contributed by atoms with van der Waals surface area (Å²) in [6.07, 6.45) is 1.85. The highest BCUT2D eigenvalue weighted by atomic mass is 16.5. The fraction of sp³-hybridized carbons (Fsp3) is 0.238. The monoisotopic (exact) mass is 363 g/mol. The quantitative estimate of drug-likeness (QED) is 0.445. The van der Waals surface area contributed by atoms with Crippen molar-refractivity contribution in [3.8, 4) is 17.0 Å².